The molecular formula is C12H20ClN5O2. The zero-order valence-electron chi connectivity index (χ0n) is 12.3. The van der Waals surface area contributed by atoms with Crippen LogP contribution in [0.2, 0.25) is 5.28 Å². The minimum atomic E-state index is -0.199. The minimum absolute atomic E-state index is 0.0457. The van der Waals surface area contributed by atoms with Crippen molar-refractivity contribution in [3.8, 4) is 6.01 Å². The topological polar surface area (TPSA) is 80.2 Å². The van der Waals surface area contributed by atoms with E-state index in [-0.39, 0.29) is 29.2 Å². The Bertz CT molecular complexity index is 469. The maximum Gasteiger partial charge on any atom is 0.322 e. The number of nitrogens with one attached hydrogen (secondary N) is 1. The second-order valence-corrected chi connectivity index (χ2v) is 5.09. The fourth-order valence-corrected chi connectivity index (χ4v) is 1.73. The second kappa shape index (κ2) is 7.23. The Labute approximate surface area is 123 Å². The molecule has 1 heterocycles. The Morgan fingerprint density at radius 1 is 1.35 bits per heavy atom. The summed E-state index contributed by atoms with van der Waals surface area (Å²) in [5, 5.41) is 2.66. The van der Waals surface area contributed by atoms with Crippen LogP contribution in [0.15, 0.2) is 0 Å². The highest BCUT2D eigenvalue weighted by Crippen LogP contribution is 2.16. The van der Waals surface area contributed by atoms with E-state index in [0.717, 1.165) is 0 Å². The molecule has 1 aromatic rings. The summed E-state index contributed by atoms with van der Waals surface area (Å²) in [6.45, 7) is 6.02. The number of hydrogen-bond donors (Lipinski definition) is 1. The van der Waals surface area contributed by atoms with Gasteiger partial charge in [0.15, 0.2) is 0 Å². The van der Waals surface area contributed by atoms with Crippen molar-refractivity contribution < 1.29 is 9.53 Å². The van der Waals surface area contributed by atoms with Crippen LogP contribution in [0.3, 0.4) is 0 Å². The van der Waals surface area contributed by atoms with Crippen molar-refractivity contribution in [2.24, 2.45) is 5.92 Å². The van der Waals surface area contributed by atoms with Crippen LogP contribution in [-0.4, -0.2) is 47.6 Å². The summed E-state index contributed by atoms with van der Waals surface area (Å²) >= 11 is 5.86. The van der Waals surface area contributed by atoms with E-state index in [1.165, 1.54) is 0 Å². The molecule has 20 heavy (non-hydrogen) atoms. The molecule has 8 heteroatoms. The van der Waals surface area contributed by atoms with Crippen LogP contribution in [0, 0.1) is 5.92 Å². The summed E-state index contributed by atoms with van der Waals surface area (Å²) in [6, 6.07) is 0.175. The lowest BCUT2D eigenvalue weighted by molar-refractivity contribution is -0.123. The Morgan fingerprint density at radius 3 is 2.55 bits per heavy atom. The van der Waals surface area contributed by atoms with Crippen LogP contribution in [0.4, 0.5) is 5.95 Å². The van der Waals surface area contributed by atoms with Crippen molar-refractivity contribution in [3.05, 3.63) is 5.28 Å². The summed E-state index contributed by atoms with van der Waals surface area (Å²) in [6.07, 6.45) is -0.0589. The SMILES string of the molecule is CNC(=O)C(C)CN(C)c1nc(Cl)nc(OC(C)C)n1. The van der Waals surface area contributed by atoms with Crippen molar-refractivity contribution in [2.45, 2.75) is 26.9 Å². The Balaban J connectivity index is 2.84. The van der Waals surface area contributed by atoms with Crippen molar-refractivity contribution in [2.75, 3.05) is 25.5 Å². The number of aromatic nitrogens is 3. The molecule has 112 valence electrons. The molecule has 0 bridgehead atoms. The van der Waals surface area contributed by atoms with E-state index in [4.69, 9.17) is 16.3 Å². The smallest absolute Gasteiger partial charge is 0.322 e. The summed E-state index contributed by atoms with van der Waals surface area (Å²) in [4.78, 5) is 25.4. The molecule has 1 rings (SSSR count). The van der Waals surface area contributed by atoms with Crippen molar-refractivity contribution >= 4 is 23.5 Å². The number of hydrogen-bond acceptors (Lipinski definition) is 6. The Hall–Kier alpha value is -1.63. The van der Waals surface area contributed by atoms with Gasteiger partial charge >= 0.3 is 6.01 Å². The van der Waals surface area contributed by atoms with Crippen LogP contribution in [0.25, 0.3) is 0 Å². The molecule has 1 atom stereocenters. The molecule has 0 aliphatic heterocycles. The highest BCUT2D eigenvalue weighted by Gasteiger charge is 2.17. The maximum absolute atomic E-state index is 11.5. The lowest BCUT2D eigenvalue weighted by Crippen LogP contribution is -2.35. The van der Waals surface area contributed by atoms with Gasteiger partial charge in [-0.25, -0.2) is 0 Å². The summed E-state index contributed by atoms with van der Waals surface area (Å²) < 4.78 is 5.41. The van der Waals surface area contributed by atoms with Crippen molar-refractivity contribution in [1.82, 2.24) is 20.3 Å². The zero-order valence-corrected chi connectivity index (χ0v) is 13.1. The normalized spacial score (nSPS) is 12.2. The van der Waals surface area contributed by atoms with E-state index < -0.39 is 0 Å². The molecular weight excluding hydrogens is 282 g/mol. The number of ether oxygens (including phenoxy) is 1. The average molecular weight is 302 g/mol. The van der Waals surface area contributed by atoms with E-state index >= 15 is 0 Å². The monoisotopic (exact) mass is 301 g/mol. The summed E-state index contributed by atoms with van der Waals surface area (Å²) in [7, 11) is 3.39. The molecule has 0 spiro atoms. The largest absolute Gasteiger partial charge is 0.461 e. The van der Waals surface area contributed by atoms with Gasteiger partial charge in [-0.2, -0.15) is 15.0 Å². The van der Waals surface area contributed by atoms with E-state index in [9.17, 15) is 4.79 Å². The van der Waals surface area contributed by atoms with E-state index in [1.54, 1.807) is 19.0 Å². The zero-order chi connectivity index (χ0) is 15.3. The van der Waals surface area contributed by atoms with Gasteiger partial charge < -0.3 is 15.0 Å². The lowest BCUT2D eigenvalue weighted by atomic mass is 10.1. The summed E-state index contributed by atoms with van der Waals surface area (Å²) in [5.41, 5.74) is 0. The molecule has 0 aliphatic carbocycles. The number of anilines is 1. The number of amides is 1. The molecule has 7 nitrogen and oxygen atoms in total. The first-order valence-electron chi connectivity index (χ1n) is 6.34. The fraction of sp³-hybridized carbons (Fsp3) is 0.667. The quantitative estimate of drug-likeness (QED) is 0.848. The molecule has 0 fully saturated rings. The fourth-order valence-electron chi connectivity index (χ4n) is 1.58. The first-order chi connectivity index (χ1) is 9.33. The molecule has 0 aromatic carbocycles. The van der Waals surface area contributed by atoms with Crippen LogP contribution in [-0.2, 0) is 4.79 Å². The number of nitrogens with zero attached hydrogens (tertiary/aromatic N) is 4. The predicted molar refractivity (Wildman–Crippen MR) is 77.1 cm³/mol. The molecule has 1 amide bonds. The highest BCUT2D eigenvalue weighted by molar-refractivity contribution is 6.28. The third kappa shape index (κ3) is 4.80. The molecule has 0 saturated heterocycles. The van der Waals surface area contributed by atoms with E-state index in [1.807, 2.05) is 20.8 Å². The van der Waals surface area contributed by atoms with E-state index in [0.29, 0.717) is 12.5 Å². The molecule has 0 saturated carbocycles. The van der Waals surface area contributed by atoms with Gasteiger partial charge in [0.2, 0.25) is 17.1 Å². The van der Waals surface area contributed by atoms with Gasteiger partial charge in [0.25, 0.3) is 0 Å². The van der Waals surface area contributed by atoms with Gasteiger partial charge in [0.1, 0.15) is 0 Å². The molecule has 1 unspecified atom stereocenters. The molecule has 0 radical (unpaired) electrons. The maximum atomic E-state index is 11.5. The summed E-state index contributed by atoms with van der Waals surface area (Å²) in [5.74, 6) is 0.127. The van der Waals surface area contributed by atoms with Crippen LogP contribution in [0.5, 0.6) is 6.01 Å². The van der Waals surface area contributed by atoms with Gasteiger partial charge in [-0.05, 0) is 25.4 Å². The average Bonchev–Trinajstić information content (AvgIpc) is 2.35. The van der Waals surface area contributed by atoms with Crippen LogP contribution >= 0.6 is 11.6 Å². The first-order valence-corrected chi connectivity index (χ1v) is 6.72. The third-order valence-corrected chi connectivity index (χ3v) is 2.67. The Morgan fingerprint density at radius 2 is 2.00 bits per heavy atom. The van der Waals surface area contributed by atoms with Crippen molar-refractivity contribution in [1.29, 1.82) is 0 Å². The third-order valence-electron chi connectivity index (χ3n) is 2.50. The van der Waals surface area contributed by atoms with Crippen molar-refractivity contribution in [3.63, 3.8) is 0 Å². The lowest BCUT2D eigenvalue weighted by Gasteiger charge is -2.21. The first kappa shape index (κ1) is 16.4. The number of rotatable bonds is 6. The van der Waals surface area contributed by atoms with Gasteiger partial charge in [-0.1, -0.05) is 6.92 Å². The standard InChI is InChI=1S/C12H20ClN5O2/c1-7(2)20-12-16-10(13)15-11(17-12)18(5)6-8(3)9(19)14-4/h7-8H,6H2,1-5H3,(H,14,19). The number of carbonyl (C=O) groups is 1. The van der Waals surface area contributed by atoms with Gasteiger partial charge in [0.05, 0.1) is 12.0 Å². The predicted octanol–water partition coefficient (Wildman–Crippen LogP) is 1.13. The van der Waals surface area contributed by atoms with Crippen LogP contribution in [0.1, 0.15) is 20.8 Å². The minimum Gasteiger partial charge on any atom is -0.461 e. The highest BCUT2D eigenvalue weighted by atomic mass is 35.5. The molecule has 1 aromatic heterocycles. The molecule has 0 aliphatic rings. The van der Waals surface area contributed by atoms with Gasteiger partial charge in [-0.3, -0.25) is 4.79 Å². The number of carbonyl (C=O) groups excluding carboxylic acids is 1. The molecule has 1 N–H and O–H groups in total. The second-order valence-electron chi connectivity index (χ2n) is 4.75. The Kier molecular flexibility index (Phi) is 5.94. The van der Waals surface area contributed by atoms with Crippen LogP contribution < -0.4 is 15.0 Å². The van der Waals surface area contributed by atoms with Gasteiger partial charge in [-0.15, -0.1) is 0 Å². The number of halogens is 1. The van der Waals surface area contributed by atoms with Gasteiger partial charge in [0, 0.05) is 20.6 Å². The van der Waals surface area contributed by atoms with E-state index in [2.05, 4.69) is 20.3 Å².